The number of furan rings is 1. The van der Waals surface area contributed by atoms with Crippen LogP contribution in [0, 0.1) is 0 Å². The van der Waals surface area contributed by atoms with E-state index in [2.05, 4.69) is 10.6 Å². The molecule has 2 N–H and O–H groups in total. The molecule has 138 valence electrons. The zero-order chi connectivity index (χ0) is 18.9. The van der Waals surface area contributed by atoms with Gasteiger partial charge in [-0.15, -0.1) is 0 Å². The zero-order valence-corrected chi connectivity index (χ0v) is 14.9. The molecule has 8 heteroatoms. The molecule has 1 atom stereocenters. The van der Waals surface area contributed by atoms with Crippen molar-refractivity contribution in [3.63, 3.8) is 0 Å². The molecule has 0 aliphatic rings. The molecule has 2 rings (SSSR count). The summed E-state index contributed by atoms with van der Waals surface area (Å²) in [5, 5.41) is 5.77. The van der Waals surface area contributed by atoms with E-state index in [1.807, 2.05) is 0 Å². The number of esters is 1. The molecule has 0 aliphatic heterocycles. The summed E-state index contributed by atoms with van der Waals surface area (Å²) >= 11 is 5.75. The van der Waals surface area contributed by atoms with Crippen molar-refractivity contribution in [3.05, 3.63) is 59.0 Å². The van der Waals surface area contributed by atoms with Gasteiger partial charge in [0.1, 0.15) is 5.76 Å². The molecule has 0 saturated heterocycles. The average Bonchev–Trinajstić information content (AvgIpc) is 3.15. The average molecular weight is 379 g/mol. The van der Waals surface area contributed by atoms with E-state index in [1.165, 1.54) is 6.26 Å². The van der Waals surface area contributed by atoms with Crippen molar-refractivity contribution in [2.75, 3.05) is 13.2 Å². The van der Waals surface area contributed by atoms with Gasteiger partial charge in [-0.1, -0.05) is 11.6 Å². The number of hydrogen-bond acceptors (Lipinski definition) is 5. The number of halogens is 1. The van der Waals surface area contributed by atoms with E-state index < -0.39 is 18.5 Å². The van der Waals surface area contributed by atoms with Crippen molar-refractivity contribution >= 4 is 29.4 Å². The molecule has 0 spiro atoms. The van der Waals surface area contributed by atoms with Crippen molar-refractivity contribution in [1.82, 2.24) is 10.6 Å². The molecule has 0 aliphatic carbocycles. The summed E-state index contributed by atoms with van der Waals surface area (Å²) in [5.41, 5.74) is 0.439. The van der Waals surface area contributed by atoms with Crippen LogP contribution in [0.4, 0.5) is 0 Å². The Morgan fingerprint density at radius 2 is 1.92 bits per heavy atom. The number of carbonyl (C=O) groups excluding carboxylic acids is 3. The lowest BCUT2D eigenvalue weighted by Crippen LogP contribution is -2.32. The van der Waals surface area contributed by atoms with Gasteiger partial charge in [-0.2, -0.15) is 0 Å². The molecule has 26 heavy (non-hydrogen) atoms. The number of amides is 2. The fourth-order valence-electron chi connectivity index (χ4n) is 2.09. The van der Waals surface area contributed by atoms with Crippen LogP contribution >= 0.6 is 11.6 Å². The minimum Gasteiger partial charge on any atom is -0.467 e. The lowest BCUT2D eigenvalue weighted by molar-refractivity contribution is -0.148. The predicted molar refractivity (Wildman–Crippen MR) is 94.6 cm³/mol. The Morgan fingerprint density at radius 1 is 1.19 bits per heavy atom. The van der Waals surface area contributed by atoms with Gasteiger partial charge in [-0.05, 0) is 43.3 Å². The van der Waals surface area contributed by atoms with Crippen LogP contribution in [0.25, 0.3) is 0 Å². The van der Waals surface area contributed by atoms with Crippen molar-refractivity contribution in [1.29, 1.82) is 0 Å². The highest BCUT2D eigenvalue weighted by Crippen LogP contribution is 2.11. The molecular formula is C18H19ClN2O5. The summed E-state index contributed by atoms with van der Waals surface area (Å²) in [7, 11) is 0. The lowest BCUT2D eigenvalue weighted by Gasteiger charge is -2.11. The molecule has 1 aromatic carbocycles. The number of benzene rings is 1. The first-order valence-electron chi connectivity index (χ1n) is 7.98. The highest BCUT2D eigenvalue weighted by molar-refractivity contribution is 6.30. The number of hydrogen-bond donors (Lipinski definition) is 2. The van der Waals surface area contributed by atoms with Gasteiger partial charge in [0.05, 0.1) is 18.7 Å². The smallest absolute Gasteiger partial charge is 0.308 e. The topological polar surface area (TPSA) is 97.6 Å². The molecule has 0 unspecified atom stereocenters. The number of nitrogens with one attached hydrogen (secondary N) is 2. The fourth-order valence-corrected chi connectivity index (χ4v) is 2.22. The van der Waals surface area contributed by atoms with E-state index in [0.717, 1.165) is 0 Å². The monoisotopic (exact) mass is 378 g/mol. The van der Waals surface area contributed by atoms with Crippen molar-refractivity contribution in [2.45, 2.75) is 19.4 Å². The Labute approximate surface area is 155 Å². The third kappa shape index (κ3) is 6.25. The first kappa shape index (κ1) is 19.5. The standard InChI is InChI=1S/C18H19ClN2O5/c1-12(15-3-2-10-25-15)21-16(22)11-26-17(23)8-9-20-18(24)13-4-6-14(19)7-5-13/h2-7,10,12H,8-9,11H2,1H3,(H,20,24)(H,21,22)/t12-/m1/s1. The highest BCUT2D eigenvalue weighted by Gasteiger charge is 2.14. The summed E-state index contributed by atoms with van der Waals surface area (Å²) in [6.07, 6.45) is 1.47. The first-order valence-corrected chi connectivity index (χ1v) is 8.35. The second-order valence-electron chi connectivity index (χ2n) is 5.48. The normalized spacial score (nSPS) is 11.5. The Hall–Kier alpha value is -2.80. The molecule has 0 fully saturated rings. The second-order valence-corrected chi connectivity index (χ2v) is 5.91. The number of ether oxygens (including phenoxy) is 1. The van der Waals surface area contributed by atoms with Crippen molar-refractivity contribution < 1.29 is 23.5 Å². The molecule has 7 nitrogen and oxygen atoms in total. The largest absolute Gasteiger partial charge is 0.467 e. The van der Waals surface area contributed by atoms with Crippen LogP contribution in [0.3, 0.4) is 0 Å². The van der Waals surface area contributed by atoms with Crippen LogP contribution in [-0.2, 0) is 14.3 Å². The van der Waals surface area contributed by atoms with Gasteiger partial charge in [0.2, 0.25) is 0 Å². The summed E-state index contributed by atoms with van der Waals surface area (Å²) in [5.74, 6) is -0.733. The van der Waals surface area contributed by atoms with Crippen LogP contribution < -0.4 is 10.6 Å². The van der Waals surface area contributed by atoms with Crippen molar-refractivity contribution in [3.8, 4) is 0 Å². The fraction of sp³-hybridized carbons (Fsp3) is 0.278. The van der Waals surface area contributed by atoms with Crippen molar-refractivity contribution in [2.24, 2.45) is 0 Å². The van der Waals surface area contributed by atoms with Crippen LogP contribution in [0.15, 0.2) is 47.1 Å². The molecule has 1 heterocycles. The zero-order valence-electron chi connectivity index (χ0n) is 14.2. The Morgan fingerprint density at radius 3 is 2.58 bits per heavy atom. The van der Waals surface area contributed by atoms with Gasteiger partial charge in [-0.25, -0.2) is 0 Å². The maximum Gasteiger partial charge on any atom is 0.308 e. The molecule has 1 aromatic heterocycles. The summed E-state index contributed by atoms with van der Waals surface area (Å²) < 4.78 is 10.0. The van der Waals surface area contributed by atoms with Crippen LogP contribution in [0.1, 0.15) is 35.5 Å². The summed E-state index contributed by atoms with van der Waals surface area (Å²) in [6, 6.07) is 9.51. The molecule has 0 bridgehead atoms. The molecule has 2 aromatic rings. The van der Waals surface area contributed by atoms with E-state index in [9.17, 15) is 14.4 Å². The van der Waals surface area contributed by atoms with Gasteiger partial charge >= 0.3 is 5.97 Å². The minimum absolute atomic E-state index is 0.0413. The Kier molecular flexibility index (Phi) is 7.23. The molecule has 2 amide bonds. The lowest BCUT2D eigenvalue weighted by atomic mass is 10.2. The quantitative estimate of drug-likeness (QED) is 0.688. The third-order valence-electron chi connectivity index (χ3n) is 3.43. The molecule has 0 saturated carbocycles. The summed E-state index contributed by atoms with van der Waals surface area (Å²) in [4.78, 5) is 35.2. The first-order chi connectivity index (χ1) is 12.5. The van der Waals surface area contributed by atoms with E-state index in [-0.39, 0.29) is 24.9 Å². The van der Waals surface area contributed by atoms with E-state index >= 15 is 0 Å². The Balaban J connectivity index is 1.63. The molecular weight excluding hydrogens is 360 g/mol. The minimum atomic E-state index is -0.581. The van der Waals surface area contributed by atoms with E-state index in [0.29, 0.717) is 16.3 Å². The van der Waals surface area contributed by atoms with Crippen LogP contribution in [0.5, 0.6) is 0 Å². The summed E-state index contributed by atoms with van der Waals surface area (Å²) in [6.45, 7) is 1.46. The number of rotatable bonds is 8. The third-order valence-corrected chi connectivity index (χ3v) is 3.68. The second kappa shape index (κ2) is 9.62. The number of carbonyl (C=O) groups is 3. The van der Waals surface area contributed by atoms with Gasteiger partial charge in [0.25, 0.3) is 11.8 Å². The maximum atomic E-state index is 11.9. The van der Waals surface area contributed by atoms with Gasteiger partial charge in [0.15, 0.2) is 6.61 Å². The predicted octanol–water partition coefficient (Wildman–Crippen LogP) is 2.47. The van der Waals surface area contributed by atoms with E-state index in [4.69, 9.17) is 20.8 Å². The van der Waals surface area contributed by atoms with Gasteiger partial charge in [0, 0.05) is 17.1 Å². The van der Waals surface area contributed by atoms with Gasteiger partial charge < -0.3 is 19.8 Å². The van der Waals surface area contributed by atoms with Crippen LogP contribution in [-0.4, -0.2) is 30.9 Å². The SMILES string of the molecule is C[C@@H](NC(=O)COC(=O)CCNC(=O)c1ccc(Cl)cc1)c1ccco1. The van der Waals surface area contributed by atoms with Gasteiger partial charge in [-0.3, -0.25) is 14.4 Å². The van der Waals surface area contributed by atoms with Crippen LogP contribution in [0.2, 0.25) is 5.02 Å². The highest BCUT2D eigenvalue weighted by atomic mass is 35.5. The van der Waals surface area contributed by atoms with E-state index in [1.54, 1.807) is 43.3 Å². The maximum absolute atomic E-state index is 11.9. The molecule has 0 radical (unpaired) electrons. The Bertz CT molecular complexity index is 743.